The Kier molecular flexibility index (Phi) is 7.60. The lowest BCUT2D eigenvalue weighted by Crippen LogP contribution is -2.47. The number of phenolic OH excluding ortho intramolecular Hbond substituents is 1. The number of aromatic hydroxyl groups is 1. The Labute approximate surface area is 199 Å². The van der Waals surface area contributed by atoms with Gasteiger partial charge in [0, 0.05) is 34.6 Å². The zero-order valence-electron chi connectivity index (χ0n) is 20.7. The molecule has 2 aromatic rings. The molecule has 9 nitrogen and oxygen atoms in total. The number of carboxylic acid groups (broad SMARTS) is 1. The molecule has 3 N–H and O–H groups in total. The number of nitrogens with one attached hydrogen (secondary N) is 1. The topological polar surface area (TPSA) is 133 Å². The summed E-state index contributed by atoms with van der Waals surface area (Å²) in [7, 11) is 0. The van der Waals surface area contributed by atoms with Crippen LogP contribution in [0.2, 0.25) is 0 Å². The number of carbonyl (C=O) groups is 2. The van der Waals surface area contributed by atoms with Crippen LogP contribution in [0.1, 0.15) is 66.0 Å². The second-order valence-electron chi connectivity index (χ2n) is 10.3. The molecular formula is C25H33N3O6. The van der Waals surface area contributed by atoms with Gasteiger partial charge in [-0.3, -0.25) is 15.0 Å². The van der Waals surface area contributed by atoms with E-state index < -0.39 is 33.8 Å². The van der Waals surface area contributed by atoms with Crippen molar-refractivity contribution in [3.63, 3.8) is 0 Å². The average Bonchev–Trinajstić information content (AvgIpc) is 2.70. The molecule has 184 valence electrons. The SMILES string of the molecule is CCC(C(=O)O)N(C(=O)Nc1ccc([N+](=O)[O-])cc1)c1cc(C(C)(C)C)c(O)c(C(C)(C)C)c1. The number of rotatable bonds is 6. The summed E-state index contributed by atoms with van der Waals surface area (Å²) in [4.78, 5) is 37.0. The molecule has 1 unspecified atom stereocenters. The van der Waals surface area contributed by atoms with E-state index in [-0.39, 0.29) is 23.5 Å². The van der Waals surface area contributed by atoms with Crippen molar-refractivity contribution in [3.8, 4) is 5.75 Å². The number of nitrogens with zero attached hydrogens (tertiary/aromatic N) is 2. The normalized spacial score (nSPS) is 12.7. The van der Waals surface area contributed by atoms with Gasteiger partial charge in [-0.15, -0.1) is 0 Å². The van der Waals surface area contributed by atoms with Crippen molar-refractivity contribution in [2.75, 3.05) is 10.2 Å². The zero-order chi connectivity index (χ0) is 26.0. The van der Waals surface area contributed by atoms with Crippen LogP contribution in [-0.2, 0) is 15.6 Å². The van der Waals surface area contributed by atoms with Crippen molar-refractivity contribution >= 4 is 29.1 Å². The number of non-ortho nitro benzene ring substituents is 1. The maximum atomic E-state index is 13.4. The van der Waals surface area contributed by atoms with E-state index in [0.717, 1.165) is 4.90 Å². The van der Waals surface area contributed by atoms with Crippen molar-refractivity contribution < 1.29 is 24.7 Å². The fraction of sp³-hybridized carbons (Fsp3) is 0.440. The monoisotopic (exact) mass is 471 g/mol. The summed E-state index contributed by atoms with van der Waals surface area (Å²) < 4.78 is 0. The van der Waals surface area contributed by atoms with Gasteiger partial charge in [-0.2, -0.15) is 0 Å². The lowest BCUT2D eigenvalue weighted by Gasteiger charge is -2.33. The molecule has 0 radical (unpaired) electrons. The van der Waals surface area contributed by atoms with Crippen molar-refractivity contribution in [2.24, 2.45) is 0 Å². The van der Waals surface area contributed by atoms with Crippen molar-refractivity contribution in [1.82, 2.24) is 0 Å². The number of urea groups is 1. The highest BCUT2D eigenvalue weighted by molar-refractivity contribution is 6.05. The second-order valence-corrected chi connectivity index (χ2v) is 10.3. The minimum Gasteiger partial charge on any atom is -0.507 e. The Balaban J connectivity index is 2.67. The summed E-state index contributed by atoms with van der Waals surface area (Å²) in [6.45, 7) is 13.2. The third-order valence-electron chi connectivity index (χ3n) is 5.52. The van der Waals surface area contributed by atoms with E-state index in [4.69, 9.17) is 0 Å². The van der Waals surface area contributed by atoms with Crippen LogP contribution in [0.5, 0.6) is 5.75 Å². The fourth-order valence-electron chi connectivity index (χ4n) is 3.66. The molecule has 0 spiro atoms. The number of amides is 2. The van der Waals surface area contributed by atoms with Crippen LogP contribution in [0, 0.1) is 10.1 Å². The summed E-state index contributed by atoms with van der Waals surface area (Å²) in [5.41, 5.74) is 0.700. The van der Waals surface area contributed by atoms with Crippen LogP contribution in [0.4, 0.5) is 21.9 Å². The largest absolute Gasteiger partial charge is 0.507 e. The first-order valence-electron chi connectivity index (χ1n) is 11.0. The van der Waals surface area contributed by atoms with Crippen LogP contribution < -0.4 is 10.2 Å². The van der Waals surface area contributed by atoms with Gasteiger partial charge in [-0.1, -0.05) is 48.5 Å². The molecule has 0 aromatic heterocycles. The number of hydrogen-bond donors (Lipinski definition) is 3. The maximum Gasteiger partial charge on any atom is 0.327 e. The zero-order valence-corrected chi connectivity index (χ0v) is 20.7. The molecule has 0 fully saturated rings. The summed E-state index contributed by atoms with van der Waals surface area (Å²) in [5, 5.41) is 34.5. The minimum absolute atomic E-state index is 0.114. The summed E-state index contributed by atoms with van der Waals surface area (Å²) in [6.07, 6.45) is 0.138. The predicted molar refractivity (Wildman–Crippen MR) is 132 cm³/mol. The number of carbonyl (C=O) groups excluding carboxylic acids is 1. The predicted octanol–water partition coefficient (Wildman–Crippen LogP) is 5.80. The third kappa shape index (κ3) is 5.84. The molecule has 34 heavy (non-hydrogen) atoms. The second kappa shape index (κ2) is 9.70. The Bertz CT molecular complexity index is 1050. The Morgan fingerprint density at radius 1 is 1.03 bits per heavy atom. The first-order chi connectivity index (χ1) is 15.6. The lowest BCUT2D eigenvalue weighted by molar-refractivity contribution is -0.384. The molecule has 0 bridgehead atoms. The third-order valence-corrected chi connectivity index (χ3v) is 5.52. The van der Waals surface area contributed by atoms with Gasteiger partial charge in [0.1, 0.15) is 11.8 Å². The van der Waals surface area contributed by atoms with Gasteiger partial charge in [-0.05, 0) is 41.5 Å². The highest BCUT2D eigenvalue weighted by Crippen LogP contribution is 2.42. The van der Waals surface area contributed by atoms with Gasteiger partial charge in [0.05, 0.1) is 4.92 Å². The molecule has 2 rings (SSSR count). The molecule has 0 aliphatic heterocycles. The molecule has 0 saturated carbocycles. The van der Waals surface area contributed by atoms with Crippen LogP contribution >= 0.6 is 0 Å². The summed E-state index contributed by atoms with van der Waals surface area (Å²) >= 11 is 0. The smallest absolute Gasteiger partial charge is 0.327 e. The molecule has 0 saturated heterocycles. The standard InChI is InChI=1S/C25H33N3O6/c1-8-20(22(30)31)27(23(32)26-15-9-11-16(12-10-15)28(33)34)17-13-18(24(2,3)4)21(29)19(14-17)25(5,6)7/h9-14,20,29H,8H2,1-7H3,(H,26,32)(H,30,31). The van der Waals surface area contributed by atoms with E-state index in [0.29, 0.717) is 16.8 Å². The molecule has 2 aromatic carbocycles. The van der Waals surface area contributed by atoms with E-state index >= 15 is 0 Å². The first kappa shape index (κ1) is 26.6. The number of aliphatic carboxylic acids is 1. The van der Waals surface area contributed by atoms with Crippen LogP contribution in [0.25, 0.3) is 0 Å². The Morgan fingerprint density at radius 2 is 1.50 bits per heavy atom. The first-order valence-corrected chi connectivity index (χ1v) is 11.0. The van der Waals surface area contributed by atoms with Gasteiger partial charge in [0.25, 0.3) is 5.69 Å². The molecule has 0 aliphatic rings. The Morgan fingerprint density at radius 3 is 1.85 bits per heavy atom. The molecular weight excluding hydrogens is 438 g/mol. The molecule has 0 heterocycles. The number of carboxylic acids is 1. The van der Waals surface area contributed by atoms with Crippen molar-refractivity contribution in [1.29, 1.82) is 0 Å². The number of nitro groups is 1. The van der Waals surface area contributed by atoms with Crippen LogP contribution in [0.3, 0.4) is 0 Å². The highest BCUT2D eigenvalue weighted by atomic mass is 16.6. The van der Waals surface area contributed by atoms with E-state index in [1.54, 1.807) is 19.1 Å². The van der Waals surface area contributed by atoms with Gasteiger partial charge in [0.15, 0.2) is 0 Å². The summed E-state index contributed by atoms with van der Waals surface area (Å²) in [5.74, 6) is -1.06. The number of hydrogen-bond acceptors (Lipinski definition) is 5. The lowest BCUT2D eigenvalue weighted by atomic mass is 9.79. The van der Waals surface area contributed by atoms with E-state index in [1.165, 1.54) is 24.3 Å². The molecule has 1 atom stereocenters. The minimum atomic E-state index is -1.18. The summed E-state index contributed by atoms with van der Waals surface area (Å²) in [6, 6.07) is 6.69. The van der Waals surface area contributed by atoms with Gasteiger partial charge < -0.3 is 15.5 Å². The van der Waals surface area contributed by atoms with Gasteiger partial charge in [-0.25, -0.2) is 9.59 Å². The van der Waals surface area contributed by atoms with Crippen LogP contribution in [0.15, 0.2) is 36.4 Å². The number of benzene rings is 2. The number of phenols is 1. The fourth-order valence-corrected chi connectivity index (χ4v) is 3.66. The van der Waals surface area contributed by atoms with Gasteiger partial charge >= 0.3 is 12.0 Å². The number of anilines is 2. The quantitative estimate of drug-likeness (QED) is 0.360. The molecule has 0 aliphatic carbocycles. The molecule has 2 amide bonds. The van der Waals surface area contributed by atoms with E-state index in [9.17, 15) is 29.9 Å². The van der Waals surface area contributed by atoms with Gasteiger partial charge in [0.2, 0.25) is 0 Å². The van der Waals surface area contributed by atoms with Crippen molar-refractivity contribution in [3.05, 3.63) is 57.6 Å². The van der Waals surface area contributed by atoms with Crippen molar-refractivity contribution in [2.45, 2.75) is 71.8 Å². The van der Waals surface area contributed by atoms with Crippen LogP contribution in [-0.4, -0.2) is 33.2 Å². The van der Waals surface area contributed by atoms with E-state index in [2.05, 4.69) is 5.32 Å². The number of nitro benzene ring substituents is 1. The van der Waals surface area contributed by atoms with E-state index in [1.807, 2.05) is 41.5 Å². The average molecular weight is 472 g/mol. The maximum absolute atomic E-state index is 13.4. The molecule has 9 heteroatoms. The highest BCUT2D eigenvalue weighted by Gasteiger charge is 2.34. The Hall–Kier alpha value is -3.62.